The Kier molecular flexibility index (Phi) is 3.54. The van der Waals surface area contributed by atoms with Crippen LogP contribution >= 0.6 is 0 Å². The third-order valence-electron chi connectivity index (χ3n) is 3.76. The Labute approximate surface area is 118 Å². The van der Waals surface area contributed by atoms with Crippen molar-refractivity contribution in [2.45, 2.75) is 32.2 Å². The minimum atomic E-state index is 0.0276. The normalized spacial score (nSPS) is 18.1. The quantitative estimate of drug-likeness (QED) is 0.800. The predicted molar refractivity (Wildman–Crippen MR) is 78.7 cm³/mol. The van der Waals surface area contributed by atoms with Gasteiger partial charge in [-0.25, -0.2) is 4.98 Å². The number of fused-ring (bicyclic) bond motifs is 1. The van der Waals surface area contributed by atoms with Crippen molar-refractivity contribution in [3.05, 3.63) is 48.4 Å². The monoisotopic (exact) mass is 269 g/mol. The number of carbonyl (C=O) groups excluding carboxylic acids is 1. The largest absolute Gasteiger partial charge is 0.327 e. The SMILES string of the molecule is CCCC[C@H]1C=CCN1C(=O)c1cn2ccccc2n1. The smallest absolute Gasteiger partial charge is 0.274 e. The van der Waals surface area contributed by atoms with Crippen LogP contribution in [-0.2, 0) is 0 Å². The zero-order valence-corrected chi connectivity index (χ0v) is 11.7. The molecule has 104 valence electrons. The van der Waals surface area contributed by atoms with E-state index in [1.165, 1.54) is 0 Å². The van der Waals surface area contributed by atoms with Crippen LogP contribution in [0, 0.1) is 0 Å². The van der Waals surface area contributed by atoms with Crippen LogP contribution < -0.4 is 0 Å². The van der Waals surface area contributed by atoms with Gasteiger partial charge in [-0.1, -0.05) is 38.0 Å². The summed E-state index contributed by atoms with van der Waals surface area (Å²) in [5.41, 5.74) is 1.34. The molecule has 1 atom stereocenters. The van der Waals surface area contributed by atoms with E-state index < -0.39 is 0 Å². The van der Waals surface area contributed by atoms with E-state index in [9.17, 15) is 4.79 Å². The molecule has 0 radical (unpaired) electrons. The van der Waals surface area contributed by atoms with E-state index >= 15 is 0 Å². The van der Waals surface area contributed by atoms with E-state index in [1.807, 2.05) is 39.9 Å². The maximum atomic E-state index is 12.6. The highest BCUT2D eigenvalue weighted by Crippen LogP contribution is 2.19. The molecule has 3 rings (SSSR count). The van der Waals surface area contributed by atoms with Crippen LogP contribution in [0.3, 0.4) is 0 Å². The van der Waals surface area contributed by atoms with Crippen LogP contribution in [0.1, 0.15) is 36.7 Å². The van der Waals surface area contributed by atoms with Gasteiger partial charge in [-0.2, -0.15) is 0 Å². The van der Waals surface area contributed by atoms with Crippen LogP contribution in [-0.4, -0.2) is 32.8 Å². The first kappa shape index (κ1) is 12.9. The molecule has 4 nitrogen and oxygen atoms in total. The summed E-state index contributed by atoms with van der Waals surface area (Å²) in [6.07, 6.45) is 11.3. The summed E-state index contributed by atoms with van der Waals surface area (Å²) in [5.74, 6) is 0.0276. The van der Waals surface area contributed by atoms with Crippen LogP contribution in [0.15, 0.2) is 42.7 Å². The molecule has 0 spiro atoms. The van der Waals surface area contributed by atoms with Crippen molar-refractivity contribution in [1.29, 1.82) is 0 Å². The van der Waals surface area contributed by atoms with E-state index in [4.69, 9.17) is 0 Å². The fraction of sp³-hybridized carbons (Fsp3) is 0.375. The summed E-state index contributed by atoms with van der Waals surface area (Å²) < 4.78 is 1.89. The van der Waals surface area contributed by atoms with Crippen molar-refractivity contribution < 1.29 is 4.79 Å². The second-order valence-electron chi connectivity index (χ2n) is 5.19. The molecule has 0 N–H and O–H groups in total. The third-order valence-corrected chi connectivity index (χ3v) is 3.76. The topological polar surface area (TPSA) is 37.6 Å². The lowest BCUT2D eigenvalue weighted by Gasteiger charge is -2.23. The lowest BCUT2D eigenvalue weighted by molar-refractivity contribution is 0.0738. The van der Waals surface area contributed by atoms with Gasteiger partial charge in [0, 0.05) is 18.9 Å². The van der Waals surface area contributed by atoms with Gasteiger partial charge in [-0.15, -0.1) is 0 Å². The molecule has 1 aliphatic rings. The molecule has 0 saturated heterocycles. The van der Waals surface area contributed by atoms with Crippen molar-refractivity contribution >= 4 is 11.6 Å². The number of hydrogen-bond donors (Lipinski definition) is 0. The second kappa shape index (κ2) is 5.49. The Bertz CT molecular complexity index is 611. The van der Waals surface area contributed by atoms with Gasteiger partial charge in [0.2, 0.25) is 0 Å². The third kappa shape index (κ3) is 2.33. The van der Waals surface area contributed by atoms with Crippen LogP contribution in [0.5, 0.6) is 0 Å². The summed E-state index contributed by atoms with van der Waals surface area (Å²) >= 11 is 0. The van der Waals surface area contributed by atoms with Crippen LogP contribution in [0.2, 0.25) is 0 Å². The Balaban J connectivity index is 1.81. The van der Waals surface area contributed by atoms with Crippen molar-refractivity contribution in [2.24, 2.45) is 0 Å². The summed E-state index contributed by atoms with van der Waals surface area (Å²) in [4.78, 5) is 18.9. The van der Waals surface area contributed by atoms with Gasteiger partial charge in [0.15, 0.2) is 0 Å². The Morgan fingerprint density at radius 3 is 3.15 bits per heavy atom. The van der Waals surface area contributed by atoms with Crippen molar-refractivity contribution in [3.63, 3.8) is 0 Å². The van der Waals surface area contributed by atoms with E-state index in [2.05, 4.69) is 24.1 Å². The number of imidazole rings is 1. The first-order valence-corrected chi connectivity index (χ1v) is 7.21. The Hall–Kier alpha value is -2.10. The van der Waals surface area contributed by atoms with Gasteiger partial charge in [-0.05, 0) is 18.6 Å². The van der Waals surface area contributed by atoms with Crippen LogP contribution in [0.4, 0.5) is 0 Å². The summed E-state index contributed by atoms with van der Waals surface area (Å²) in [5, 5.41) is 0. The van der Waals surface area contributed by atoms with Gasteiger partial charge in [-0.3, -0.25) is 4.79 Å². The lowest BCUT2D eigenvalue weighted by atomic mass is 10.1. The van der Waals surface area contributed by atoms with Crippen molar-refractivity contribution in [3.8, 4) is 0 Å². The number of unbranched alkanes of at least 4 members (excludes halogenated alkanes) is 1. The van der Waals surface area contributed by atoms with E-state index in [1.54, 1.807) is 0 Å². The molecule has 0 aromatic carbocycles. The molecule has 0 bridgehead atoms. The van der Waals surface area contributed by atoms with E-state index in [0.29, 0.717) is 12.2 Å². The number of aromatic nitrogens is 2. The summed E-state index contributed by atoms with van der Waals surface area (Å²) in [7, 11) is 0. The molecule has 1 aliphatic heterocycles. The standard InChI is InChI=1S/C16H19N3O/c1-2-3-7-13-8-6-11-19(13)16(20)14-12-18-10-5-4-9-15(18)17-14/h4-6,8-10,12-13H,2-3,7,11H2,1H3/t13-/m0/s1. The summed E-state index contributed by atoms with van der Waals surface area (Å²) in [6.45, 7) is 2.87. The minimum Gasteiger partial charge on any atom is -0.327 e. The maximum Gasteiger partial charge on any atom is 0.274 e. The van der Waals surface area contributed by atoms with Gasteiger partial charge >= 0.3 is 0 Å². The maximum absolute atomic E-state index is 12.6. The molecule has 3 heterocycles. The molecule has 0 saturated carbocycles. The highest BCUT2D eigenvalue weighted by atomic mass is 16.2. The lowest BCUT2D eigenvalue weighted by Crippen LogP contribution is -2.36. The predicted octanol–water partition coefficient (Wildman–Crippen LogP) is 2.91. The van der Waals surface area contributed by atoms with Gasteiger partial charge in [0.05, 0.1) is 6.04 Å². The molecule has 0 fully saturated rings. The van der Waals surface area contributed by atoms with E-state index in [0.717, 1.165) is 24.9 Å². The second-order valence-corrected chi connectivity index (χ2v) is 5.19. The average molecular weight is 269 g/mol. The fourth-order valence-electron chi connectivity index (χ4n) is 2.65. The zero-order valence-electron chi connectivity index (χ0n) is 11.7. The first-order valence-electron chi connectivity index (χ1n) is 7.21. The average Bonchev–Trinajstić information content (AvgIpc) is 3.10. The van der Waals surface area contributed by atoms with Gasteiger partial charge in [0.25, 0.3) is 5.91 Å². The number of rotatable bonds is 4. The molecule has 2 aromatic heterocycles. The number of amides is 1. The van der Waals surface area contributed by atoms with Gasteiger partial charge < -0.3 is 9.30 Å². The molecular formula is C16H19N3O. The molecular weight excluding hydrogens is 250 g/mol. The molecule has 0 aliphatic carbocycles. The Morgan fingerprint density at radius 2 is 2.35 bits per heavy atom. The van der Waals surface area contributed by atoms with Crippen molar-refractivity contribution in [2.75, 3.05) is 6.54 Å². The minimum absolute atomic E-state index is 0.0276. The molecule has 20 heavy (non-hydrogen) atoms. The number of pyridine rings is 1. The van der Waals surface area contributed by atoms with Crippen molar-refractivity contribution in [1.82, 2.24) is 14.3 Å². The molecule has 0 unspecified atom stereocenters. The Morgan fingerprint density at radius 1 is 1.45 bits per heavy atom. The van der Waals surface area contributed by atoms with Gasteiger partial charge in [0.1, 0.15) is 11.3 Å². The summed E-state index contributed by atoms with van der Waals surface area (Å²) in [6, 6.07) is 6.00. The number of nitrogens with zero attached hydrogens (tertiary/aromatic N) is 3. The van der Waals surface area contributed by atoms with E-state index in [-0.39, 0.29) is 11.9 Å². The number of carbonyl (C=O) groups is 1. The fourth-order valence-corrected chi connectivity index (χ4v) is 2.65. The number of hydrogen-bond acceptors (Lipinski definition) is 2. The molecule has 2 aromatic rings. The highest BCUT2D eigenvalue weighted by Gasteiger charge is 2.26. The zero-order chi connectivity index (χ0) is 13.9. The van der Waals surface area contributed by atoms with Crippen LogP contribution in [0.25, 0.3) is 5.65 Å². The molecule has 1 amide bonds. The first-order chi connectivity index (χ1) is 9.79. The highest BCUT2D eigenvalue weighted by molar-refractivity contribution is 5.93. The molecule has 4 heteroatoms.